The lowest BCUT2D eigenvalue weighted by Crippen LogP contribution is -2.39. The monoisotopic (exact) mass is 331 g/mol. The smallest absolute Gasteiger partial charge is 0.261 e. The molecular weight excluding hydrogens is 314 g/mol. The summed E-state index contributed by atoms with van der Waals surface area (Å²) in [6, 6.07) is 3.67. The number of aromatic nitrogens is 2. The molecule has 23 heavy (non-hydrogen) atoms. The van der Waals surface area contributed by atoms with E-state index < -0.39 is 0 Å². The maximum Gasteiger partial charge on any atom is 0.261 e. The third-order valence-electron chi connectivity index (χ3n) is 4.80. The van der Waals surface area contributed by atoms with E-state index in [2.05, 4.69) is 9.55 Å². The summed E-state index contributed by atoms with van der Waals surface area (Å²) >= 11 is 6.14. The minimum atomic E-state index is -0.231. The van der Waals surface area contributed by atoms with Crippen molar-refractivity contribution in [3.8, 4) is 0 Å². The quantitative estimate of drug-likeness (QED) is 0.920. The third kappa shape index (κ3) is 2.26. The lowest BCUT2D eigenvalue weighted by atomic mass is 10.1. The maximum absolute atomic E-state index is 13.0. The second-order valence-corrected chi connectivity index (χ2v) is 6.47. The van der Waals surface area contributed by atoms with Crippen LogP contribution in [0.15, 0.2) is 18.3 Å². The van der Waals surface area contributed by atoms with Crippen LogP contribution in [0.5, 0.6) is 0 Å². The highest BCUT2D eigenvalue weighted by Gasteiger charge is 2.32. The molecule has 0 spiro atoms. The van der Waals surface area contributed by atoms with E-state index in [4.69, 9.17) is 11.6 Å². The Morgan fingerprint density at radius 3 is 2.96 bits per heavy atom. The number of aliphatic hydroxyl groups excluding tert-OH is 1. The van der Waals surface area contributed by atoms with E-state index in [1.165, 1.54) is 18.5 Å². The van der Waals surface area contributed by atoms with Crippen molar-refractivity contribution in [2.75, 3.05) is 11.4 Å². The molecule has 2 aliphatic heterocycles. The van der Waals surface area contributed by atoms with Gasteiger partial charge in [0.25, 0.3) is 5.91 Å². The van der Waals surface area contributed by atoms with Crippen molar-refractivity contribution in [1.82, 2.24) is 9.55 Å². The van der Waals surface area contributed by atoms with Gasteiger partial charge in [-0.2, -0.15) is 0 Å². The molecule has 0 saturated carbocycles. The van der Waals surface area contributed by atoms with Crippen LogP contribution in [0.2, 0.25) is 5.02 Å². The Balaban J connectivity index is 1.76. The lowest BCUT2D eigenvalue weighted by molar-refractivity contribution is 0.0978. The van der Waals surface area contributed by atoms with E-state index >= 15 is 0 Å². The second-order valence-electron chi connectivity index (χ2n) is 6.06. The van der Waals surface area contributed by atoms with Gasteiger partial charge in [0.05, 0.1) is 17.2 Å². The number of aryl methyl sites for hydroxylation is 1. The topological polar surface area (TPSA) is 58.4 Å². The van der Waals surface area contributed by atoms with Crippen molar-refractivity contribution in [3.05, 3.63) is 45.9 Å². The summed E-state index contributed by atoms with van der Waals surface area (Å²) < 4.78 is 2.31. The van der Waals surface area contributed by atoms with E-state index in [9.17, 15) is 9.90 Å². The first-order valence-corrected chi connectivity index (χ1v) is 8.36. The van der Waals surface area contributed by atoms with Crippen LogP contribution in [0, 0.1) is 0 Å². The minimum absolute atomic E-state index is 0.0439. The maximum atomic E-state index is 13.0. The van der Waals surface area contributed by atoms with Crippen LogP contribution in [0.1, 0.15) is 40.2 Å². The summed E-state index contributed by atoms with van der Waals surface area (Å²) in [6.07, 6.45) is 5.78. The van der Waals surface area contributed by atoms with Gasteiger partial charge < -0.3 is 9.67 Å². The molecule has 5 nitrogen and oxygen atoms in total. The molecule has 1 N–H and O–H groups in total. The van der Waals surface area contributed by atoms with Crippen LogP contribution in [-0.2, 0) is 26.0 Å². The average Bonchev–Trinajstić information content (AvgIpc) is 2.95. The SMILES string of the molecule is O=C1c2cc3n(c2CCN1c1nccc(Cl)c1CO)CCCC3. The van der Waals surface area contributed by atoms with Gasteiger partial charge in [-0.1, -0.05) is 11.6 Å². The van der Waals surface area contributed by atoms with Gasteiger partial charge >= 0.3 is 0 Å². The van der Waals surface area contributed by atoms with E-state index in [0.717, 1.165) is 30.6 Å². The van der Waals surface area contributed by atoms with Gasteiger partial charge in [-0.15, -0.1) is 0 Å². The van der Waals surface area contributed by atoms with Crippen LogP contribution >= 0.6 is 11.6 Å². The third-order valence-corrected chi connectivity index (χ3v) is 5.15. The number of rotatable bonds is 2. The van der Waals surface area contributed by atoms with Crippen molar-refractivity contribution < 1.29 is 9.90 Å². The van der Waals surface area contributed by atoms with Crippen LogP contribution < -0.4 is 4.90 Å². The van der Waals surface area contributed by atoms with E-state index in [0.29, 0.717) is 22.9 Å². The molecule has 0 atom stereocenters. The van der Waals surface area contributed by atoms with Gasteiger partial charge in [0, 0.05) is 42.7 Å². The normalized spacial score (nSPS) is 17.1. The fourth-order valence-corrected chi connectivity index (χ4v) is 3.87. The Labute approximate surface area is 139 Å². The Bertz CT molecular complexity index is 784. The molecule has 2 aliphatic rings. The van der Waals surface area contributed by atoms with Crippen LogP contribution in [0.25, 0.3) is 0 Å². The van der Waals surface area contributed by atoms with Crippen molar-refractivity contribution in [2.24, 2.45) is 0 Å². The molecule has 120 valence electrons. The predicted molar refractivity (Wildman–Crippen MR) is 87.9 cm³/mol. The van der Waals surface area contributed by atoms with Crippen molar-refractivity contribution in [2.45, 2.75) is 38.8 Å². The highest BCUT2D eigenvalue weighted by atomic mass is 35.5. The number of fused-ring (bicyclic) bond motifs is 3. The summed E-state index contributed by atoms with van der Waals surface area (Å²) in [7, 11) is 0. The first-order chi connectivity index (χ1) is 11.2. The van der Waals surface area contributed by atoms with Crippen molar-refractivity contribution in [3.63, 3.8) is 0 Å². The molecule has 0 radical (unpaired) electrons. The zero-order chi connectivity index (χ0) is 16.0. The molecule has 4 heterocycles. The highest BCUT2D eigenvalue weighted by molar-refractivity contribution is 6.31. The van der Waals surface area contributed by atoms with Gasteiger partial charge in [-0.05, 0) is 31.4 Å². The summed E-state index contributed by atoms with van der Waals surface area (Å²) in [5.74, 6) is 0.428. The molecule has 4 rings (SSSR count). The summed E-state index contributed by atoms with van der Waals surface area (Å²) in [5, 5.41) is 10.0. The molecule has 0 bridgehead atoms. The molecule has 6 heteroatoms. The van der Waals surface area contributed by atoms with Gasteiger partial charge in [0.1, 0.15) is 5.82 Å². The molecule has 1 amide bonds. The number of aliphatic hydroxyl groups is 1. The number of hydrogen-bond acceptors (Lipinski definition) is 3. The molecule has 2 aromatic heterocycles. The van der Waals surface area contributed by atoms with Gasteiger partial charge in [0.15, 0.2) is 0 Å². The number of carbonyl (C=O) groups excluding carboxylic acids is 1. The van der Waals surface area contributed by atoms with E-state index in [1.807, 2.05) is 6.07 Å². The number of halogens is 1. The number of anilines is 1. The number of hydrogen-bond donors (Lipinski definition) is 1. The predicted octanol–water partition coefficient (Wildman–Crippen LogP) is 2.57. The number of pyridine rings is 1. The molecular formula is C17H18ClN3O2. The fraction of sp³-hybridized carbons (Fsp3) is 0.412. The van der Waals surface area contributed by atoms with Crippen molar-refractivity contribution >= 4 is 23.3 Å². The Hall–Kier alpha value is -1.85. The lowest BCUT2D eigenvalue weighted by Gasteiger charge is -2.29. The molecule has 0 aliphatic carbocycles. The minimum Gasteiger partial charge on any atom is -0.391 e. The first kappa shape index (κ1) is 14.7. The zero-order valence-corrected chi connectivity index (χ0v) is 13.5. The van der Waals surface area contributed by atoms with Gasteiger partial charge in [-0.3, -0.25) is 9.69 Å². The van der Waals surface area contributed by atoms with Crippen LogP contribution in [0.4, 0.5) is 5.82 Å². The molecule has 0 aromatic carbocycles. The largest absolute Gasteiger partial charge is 0.391 e. The van der Waals surface area contributed by atoms with Gasteiger partial charge in [-0.25, -0.2) is 4.98 Å². The number of nitrogens with zero attached hydrogens (tertiary/aromatic N) is 3. The summed E-state index contributed by atoms with van der Waals surface area (Å²) in [5.41, 5.74) is 3.69. The van der Waals surface area contributed by atoms with E-state index in [-0.39, 0.29) is 12.5 Å². The second kappa shape index (κ2) is 5.65. The summed E-state index contributed by atoms with van der Waals surface area (Å²) in [6.45, 7) is 1.34. The summed E-state index contributed by atoms with van der Waals surface area (Å²) in [4.78, 5) is 18.9. The number of amides is 1. The average molecular weight is 332 g/mol. The van der Waals surface area contributed by atoms with Gasteiger partial charge in [0.2, 0.25) is 0 Å². The van der Waals surface area contributed by atoms with Crippen LogP contribution in [-0.4, -0.2) is 27.1 Å². The molecule has 0 saturated heterocycles. The first-order valence-electron chi connectivity index (χ1n) is 7.98. The highest BCUT2D eigenvalue weighted by Crippen LogP contribution is 2.32. The Morgan fingerprint density at radius 2 is 2.13 bits per heavy atom. The number of carbonyl (C=O) groups is 1. The molecule has 0 fully saturated rings. The van der Waals surface area contributed by atoms with E-state index in [1.54, 1.807) is 17.2 Å². The molecule has 2 aromatic rings. The fourth-order valence-electron chi connectivity index (χ4n) is 3.67. The Kier molecular flexibility index (Phi) is 3.62. The Morgan fingerprint density at radius 1 is 1.26 bits per heavy atom. The van der Waals surface area contributed by atoms with Crippen molar-refractivity contribution in [1.29, 1.82) is 0 Å². The van der Waals surface area contributed by atoms with Crippen LogP contribution in [0.3, 0.4) is 0 Å². The molecule has 0 unspecified atom stereocenters. The standard InChI is InChI=1S/C17H18ClN3O2/c18-14-4-6-19-16(13(14)10-22)21-8-5-15-12(17(21)23)9-11-3-1-2-7-20(11)15/h4,6,9,22H,1-3,5,7-8,10H2. The zero-order valence-electron chi connectivity index (χ0n) is 12.8.